The van der Waals surface area contributed by atoms with Crippen LogP contribution in [0.5, 0.6) is 5.75 Å². The highest BCUT2D eigenvalue weighted by Crippen LogP contribution is 2.23. The zero-order chi connectivity index (χ0) is 22.3. The third-order valence-corrected chi connectivity index (χ3v) is 7.38. The summed E-state index contributed by atoms with van der Waals surface area (Å²) in [4.78, 5) is 4.60. The van der Waals surface area contributed by atoms with Gasteiger partial charge < -0.3 is 15.4 Å². The highest BCUT2D eigenvalue weighted by atomic mass is 32.2. The molecule has 0 amide bonds. The van der Waals surface area contributed by atoms with E-state index in [0.717, 1.165) is 29.7 Å². The minimum absolute atomic E-state index is 0.351. The first-order chi connectivity index (χ1) is 14.9. The third kappa shape index (κ3) is 5.98. The van der Waals surface area contributed by atoms with E-state index in [2.05, 4.69) is 22.5 Å². The number of guanidine groups is 1. The van der Waals surface area contributed by atoms with Crippen LogP contribution in [0.1, 0.15) is 30.9 Å². The van der Waals surface area contributed by atoms with Gasteiger partial charge in [-0.25, -0.2) is 8.42 Å². The van der Waals surface area contributed by atoms with Crippen LogP contribution < -0.4 is 15.4 Å². The highest BCUT2D eigenvalue weighted by molar-refractivity contribution is 7.89. The molecule has 7 nitrogen and oxygen atoms in total. The van der Waals surface area contributed by atoms with Crippen LogP contribution in [0.2, 0.25) is 0 Å². The van der Waals surface area contributed by atoms with Gasteiger partial charge in [0.2, 0.25) is 10.0 Å². The topological polar surface area (TPSA) is 83.0 Å². The quantitative estimate of drug-likeness (QED) is 0.507. The van der Waals surface area contributed by atoms with Crippen molar-refractivity contribution in [2.24, 2.45) is 10.9 Å². The molecule has 0 spiro atoms. The van der Waals surface area contributed by atoms with Gasteiger partial charge in [-0.05, 0) is 42.5 Å². The first kappa shape index (κ1) is 23.1. The molecule has 2 aromatic carbocycles. The molecule has 1 unspecified atom stereocenters. The molecule has 1 heterocycles. The Morgan fingerprint density at radius 2 is 1.84 bits per heavy atom. The summed E-state index contributed by atoms with van der Waals surface area (Å²) in [5.74, 6) is 1.89. The Balaban J connectivity index is 1.56. The van der Waals surface area contributed by atoms with Crippen molar-refractivity contribution in [3.63, 3.8) is 0 Å². The van der Waals surface area contributed by atoms with Crippen molar-refractivity contribution in [1.29, 1.82) is 0 Å². The number of nitrogens with zero attached hydrogens (tertiary/aromatic N) is 2. The van der Waals surface area contributed by atoms with Crippen molar-refractivity contribution in [3.05, 3.63) is 59.7 Å². The maximum absolute atomic E-state index is 12.9. The van der Waals surface area contributed by atoms with Gasteiger partial charge in [-0.1, -0.05) is 37.3 Å². The lowest BCUT2D eigenvalue weighted by Gasteiger charge is -2.30. The molecule has 1 aliphatic rings. The smallest absolute Gasteiger partial charge is 0.243 e. The molecule has 1 fully saturated rings. The molecule has 8 heteroatoms. The molecule has 0 aromatic heterocycles. The van der Waals surface area contributed by atoms with Crippen LogP contribution in [0.4, 0.5) is 0 Å². The maximum atomic E-state index is 12.9. The SMILES string of the molecule is CN=C(NCc1ccc(S(=O)(=O)N2CCCC(C)C2)cc1)NCc1ccccc1OC. The summed E-state index contributed by atoms with van der Waals surface area (Å²) in [7, 11) is -0.0590. The average molecular weight is 445 g/mol. The van der Waals surface area contributed by atoms with Crippen molar-refractivity contribution < 1.29 is 13.2 Å². The first-order valence-corrected chi connectivity index (χ1v) is 12.0. The van der Waals surface area contributed by atoms with Crippen LogP contribution in [-0.2, 0) is 23.1 Å². The number of sulfonamides is 1. The maximum Gasteiger partial charge on any atom is 0.243 e. The third-order valence-electron chi connectivity index (χ3n) is 5.50. The molecule has 0 aliphatic carbocycles. The van der Waals surface area contributed by atoms with Crippen LogP contribution in [0.3, 0.4) is 0 Å². The monoisotopic (exact) mass is 444 g/mol. The normalized spacial score (nSPS) is 17.9. The second-order valence-corrected chi connectivity index (χ2v) is 9.78. The minimum atomic E-state index is -3.43. The number of piperidine rings is 1. The van der Waals surface area contributed by atoms with E-state index in [4.69, 9.17) is 4.74 Å². The molecule has 0 bridgehead atoms. The summed E-state index contributed by atoms with van der Waals surface area (Å²) >= 11 is 0. The molecule has 2 aromatic rings. The van der Waals surface area contributed by atoms with Gasteiger partial charge in [-0.3, -0.25) is 4.99 Å². The minimum Gasteiger partial charge on any atom is -0.496 e. The number of benzene rings is 2. The van der Waals surface area contributed by atoms with Crippen molar-refractivity contribution in [1.82, 2.24) is 14.9 Å². The standard InChI is InChI=1S/C23H32N4O3S/c1-18-7-6-14-27(17-18)31(28,29)21-12-10-19(11-13-21)15-25-23(24-2)26-16-20-8-4-5-9-22(20)30-3/h4-5,8-13,18H,6-7,14-17H2,1-3H3,(H2,24,25,26). The Bertz CT molecular complexity index is 990. The molecule has 1 aliphatic heterocycles. The fourth-order valence-corrected chi connectivity index (χ4v) is 5.33. The number of hydrogen-bond donors (Lipinski definition) is 2. The average Bonchev–Trinajstić information content (AvgIpc) is 2.79. The van der Waals surface area contributed by atoms with E-state index < -0.39 is 10.0 Å². The van der Waals surface area contributed by atoms with E-state index in [-0.39, 0.29) is 0 Å². The predicted octanol–water partition coefficient (Wildman–Crippen LogP) is 2.98. The fraction of sp³-hybridized carbons (Fsp3) is 0.435. The molecule has 0 radical (unpaired) electrons. The van der Waals surface area contributed by atoms with Crippen molar-refractivity contribution in [2.45, 2.75) is 37.8 Å². The van der Waals surface area contributed by atoms with Gasteiger partial charge in [0.25, 0.3) is 0 Å². The molecular weight excluding hydrogens is 412 g/mol. The van der Waals surface area contributed by atoms with Crippen LogP contribution in [0, 0.1) is 5.92 Å². The number of para-hydroxylation sites is 1. The molecule has 0 saturated carbocycles. The molecule has 3 rings (SSSR count). The molecule has 31 heavy (non-hydrogen) atoms. The summed E-state index contributed by atoms with van der Waals surface area (Å²) in [6.45, 7) is 4.41. The van der Waals surface area contributed by atoms with Crippen LogP contribution >= 0.6 is 0 Å². The molecular formula is C23H32N4O3S. The number of hydrogen-bond acceptors (Lipinski definition) is 4. The number of aliphatic imine (C=N–C) groups is 1. The second kappa shape index (κ2) is 10.6. The van der Waals surface area contributed by atoms with Crippen molar-refractivity contribution >= 4 is 16.0 Å². The summed E-state index contributed by atoms with van der Waals surface area (Å²) in [5.41, 5.74) is 2.01. The van der Waals surface area contributed by atoms with E-state index in [1.807, 2.05) is 36.4 Å². The summed E-state index contributed by atoms with van der Waals surface area (Å²) in [5, 5.41) is 6.53. The first-order valence-electron chi connectivity index (χ1n) is 10.6. The molecule has 2 N–H and O–H groups in total. The van der Waals surface area contributed by atoms with E-state index in [9.17, 15) is 8.42 Å². The van der Waals surface area contributed by atoms with Gasteiger partial charge in [-0.15, -0.1) is 0 Å². The number of ether oxygens (including phenoxy) is 1. The second-order valence-electron chi connectivity index (χ2n) is 7.85. The molecule has 1 saturated heterocycles. The van der Waals surface area contributed by atoms with Gasteiger partial charge in [0.1, 0.15) is 5.75 Å². The summed E-state index contributed by atoms with van der Waals surface area (Å²) in [6, 6.07) is 14.9. The largest absolute Gasteiger partial charge is 0.496 e. The van der Waals surface area contributed by atoms with Gasteiger partial charge in [0.05, 0.1) is 12.0 Å². The van der Waals surface area contributed by atoms with E-state index >= 15 is 0 Å². The Kier molecular flexibility index (Phi) is 7.92. The lowest BCUT2D eigenvalue weighted by Crippen LogP contribution is -2.39. The predicted molar refractivity (Wildman–Crippen MR) is 124 cm³/mol. The number of rotatable bonds is 7. The Labute approximate surface area is 185 Å². The molecule has 168 valence electrons. The lowest BCUT2D eigenvalue weighted by atomic mass is 10.0. The van der Waals surface area contributed by atoms with Crippen LogP contribution in [0.25, 0.3) is 0 Å². The zero-order valence-corrected chi connectivity index (χ0v) is 19.3. The van der Waals surface area contributed by atoms with Crippen molar-refractivity contribution in [2.75, 3.05) is 27.2 Å². The highest BCUT2D eigenvalue weighted by Gasteiger charge is 2.28. The Hall–Kier alpha value is -2.58. The van der Waals surface area contributed by atoms with Gasteiger partial charge >= 0.3 is 0 Å². The van der Waals surface area contributed by atoms with E-state index in [1.165, 1.54) is 0 Å². The lowest BCUT2D eigenvalue weighted by molar-refractivity contribution is 0.281. The molecule has 1 atom stereocenters. The Morgan fingerprint density at radius 1 is 1.13 bits per heavy atom. The number of nitrogens with one attached hydrogen (secondary N) is 2. The van der Waals surface area contributed by atoms with E-state index in [1.54, 1.807) is 30.6 Å². The van der Waals surface area contributed by atoms with Gasteiger partial charge in [0, 0.05) is 38.8 Å². The Morgan fingerprint density at radius 3 is 2.52 bits per heavy atom. The fourth-order valence-electron chi connectivity index (χ4n) is 3.73. The van der Waals surface area contributed by atoms with Crippen LogP contribution in [0.15, 0.2) is 58.4 Å². The van der Waals surface area contributed by atoms with Crippen LogP contribution in [-0.4, -0.2) is 45.9 Å². The summed E-state index contributed by atoms with van der Waals surface area (Å²) in [6.07, 6.45) is 2.01. The number of methoxy groups -OCH3 is 1. The van der Waals surface area contributed by atoms with Gasteiger partial charge in [-0.2, -0.15) is 4.31 Å². The van der Waals surface area contributed by atoms with Gasteiger partial charge in [0.15, 0.2) is 5.96 Å². The van der Waals surface area contributed by atoms with Crippen molar-refractivity contribution in [3.8, 4) is 5.75 Å². The summed E-state index contributed by atoms with van der Waals surface area (Å²) < 4.78 is 32.8. The zero-order valence-electron chi connectivity index (χ0n) is 18.5. The van der Waals surface area contributed by atoms with E-state index in [0.29, 0.717) is 43.0 Å².